The molecule has 0 bridgehead atoms. The summed E-state index contributed by atoms with van der Waals surface area (Å²) in [6.45, 7) is 3.65. The number of nitrogens with two attached hydrogens (primary N) is 2. The minimum absolute atomic E-state index is 0.0360. The Hall–Kier alpha value is -3.20. The highest BCUT2D eigenvalue weighted by molar-refractivity contribution is 6.26. The van der Waals surface area contributed by atoms with Gasteiger partial charge in [-0.15, -0.1) is 5.59 Å². The molecule has 0 unspecified atom stereocenters. The number of allylic oxidation sites excluding steroid dienone is 2. The van der Waals surface area contributed by atoms with Crippen LogP contribution in [0.5, 0.6) is 0 Å². The lowest BCUT2D eigenvalue weighted by Crippen LogP contribution is -2.91. The molecular formula is C23H27N4O4+. The Balaban J connectivity index is 1.40. The summed E-state index contributed by atoms with van der Waals surface area (Å²) in [5.41, 5.74) is 9.67. The van der Waals surface area contributed by atoms with E-state index in [0.717, 1.165) is 43.9 Å². The predicted molar refractivity (Wildman–Crippen MR) is 115 cm³/mol. The molecule has 8 heteroatoms. The van der Waals surface area contributed by atoms with E-state index >= 15 is 0 Å². The summed E-state index contributed by atoms with van der Waals surface area (Å²) in [6.07, 6.45) is 1.44. The molecule has 0 saturated carbocycles. The van der Waals surface area contributed by atoms with Crippen molar-refractivity contribution in [3.05, 3.63) is 76.6 Å². The number of ether oxygens (including phenoxy) is 1. The Morgan fingerprint density at radius 3 is 2.29 bits per heavy atom. The fourth-order valence-corrected chi connectivity index (χ4v) is 4.04. The van der Waals surface area contributed by atoms with Gasteiger partial charge in [-0.05, 0) is 30.5 Å². The lowest BCUT2D eigenvalue weighted by molar-refractivity contribution is -0.987. The zero-order chi connectivity index (χ0) is 21.8. The van der Waals surface area contributed by atoms with Crippen molar-refractivity contribution in [2.24, 2.45) is 5.73 Å². The normalized spacial score (nSPS) is 16.5. The summed E-state index contributed by atoms with van der Waals surface area (Å²) in [5.74, 6) is -0.747. The second-order valence-electron chi connectivity index (χ2n) is 7.64. The van der Waals surface area contributed by atoms with Crippen LogP contribution in [0.1, 0.15) is 32.7 Å². The van der Waals surface area contributed by atoms with Crippen molar-refractivity contribution in [1.82, 2.24) is 5.01 Å². The number of aryl methyl sites for hydroxylation is 1. The summed E-state index contributed by atoms with van der Waals surface area (Å²) in [5, 5.41) is 11.1. The summed E-state index contributed by atoms with van der Waals surface area (Å²) in [4.78, 5) is 27.8. The number of anilines is 1. The van der Waals surface area contributed by atoms with Crippen molar-refractivity contribution in [2.75, 3.05) is 37.7 Å². The molecule has 0 aromatic heterocycles. The molecule has 0 amide bonds. The fraction of sp³-hybridized carbons (Fsp3) is 0.304. The average molecular weight is 423 g/mol. The maximum Gasteiger partial charge on any atom is 0.217 e. The van der Waals surface area contributed by atoms with Crippen LogP contribution in [0.25, 0.3) is 0 Å². The molecule has 0 spiro atoms. The number of rotatable bonds is 7. The third kappa shape index (κ3) is 4.32. The molecule has 1 saturated heterocycles. The Labute approximate surface area is 180 Å². The van der Waals surface area contributed by atoms with E-state index in [2.05, 4.69) is 29.2 Å². The summed E-state index contributed by atoms with van der Waals surface area (Å²) >= 11 is 0. The fourth-order valence-electron chi connectivity index (χ4n) is 4.04. The maximum absolute atomic E-state index is 12.9. The van der Waals surface area contributed by atoms with Crippen LogP contribution in [0.2, 0.25) is 0 Å². The monoisotopic (exact) mass is 423 g/mol. The number of hydrogen-bond acceptors (Lipinski definition) is 7. The standard InChI is InChI=1S/C23H26N4O4/c24-20-21(23(29)19-6-2-1-5-18(19)22(20)28)27(25-30)11-3-4-16-7-9-17(10-8-16)26-12-14-31-15-13-26/h1-2,5-10,25,30H,3-4,11-15,24H2/p+1. The molecule has 2 aromatic carbocycles. The van der Waals surface area contributed by atoms with E-state index in [1.807, 2.05) is 0 Å². The predicted octanol–water partition coefficient (Wildman–Crippen LogP) is 0.875. The van der Waals surface area contributed by atoms with Gasteiger partial charge in [-0.1, -0.05) is 36.4 Å². The highest BCUT2D eigenvalue weighted by atomic mass is 16.5. The molecule has 0 radical (unpaired) electrons. The molecule has 5 N–H and O–H groups in total. The minimum Gasteiger partial charge on any atom is -0.394 e. The van der Waals surface area contributed by atoms with E-state index in [1.165, 1.54) is 10.7 Å². The number of fused-ring (bicyclic) bond motifs is 1. The van der Waals surface area contributed by atoms with Gasteiger partial charge in [0, 0.05) is 29.9 Å². The topological polar surface area (TPSA) is 113 Å². The average Bonchev–Trinajstić information content (AvgIpc) is 2.82. The van der Waals surface area contributed by atoms with Crippen LogP contribution in [0.3, 0.4) is 0 Å². The van der Waals surface area contributed by atoms with Crippen molar-refractivity contribution in [3.8, 4) is 0 Å². The van der Waals surface area contributed by atoms with Gasteiger partial charge in [0.25, 0.3) is 0 Å². The molecule has 2 aliphatic rings. The van der Waals surface area contributed by atoms with Gasteiger partial charge in [0.1, 0.15) is 5.70 Å². The number of morpholine rings is 1. The van der Waals surface area contributed by atoms with Gasteiger partial charge in [0.15, 0.2) is 5.70 Å². The molecule has 162 valence electrons. The molecule has 1 heterocycles. The highest BCUT2D eigenvalue weighted by Gasteiger charge is 2.35. The number of hydrogen-bond donors (Lipinski definition) is 3. The lowest BCUT2D eigenvalue weighted by Gasteiger charge is -2.29. The maximum atomic E-state index is 12.9. The van der Waals surface area contributed by atoms with E-state index < -0.39 is 5.78 Å². The molecular weight excluding hydrogens is 396 g/mol. The first-order valence-electron chi connectivity index (χ1n) is 10.4. The van der Waals surface area contributed by atoms with Crippen molar-refractivity contribution in [3.63, 3.8) is 0 Å². The highest BCUT2D eigenvalue weighted by Crippen LogP contribution is 2.25. The first-order valence-corrected chi connectivity index (χ1v) is 10.4. The Morgan fingerprint density at radius 2 is 1.65 bits per heavy atom. The second-order valence-corrected chi connectivity index (χ2v) is 7.64. The van der Waals surface area contributed by atoms with Gasteiger partial charge in [-0.25, -0.2) is 0 Å². The molecule has 31 heavy (non-hydrogen) atoms. The number of benzene rings is 2. The Morgan fingerprint density at radius 1 is 1.00 bits per heavy atom. The zero-order valence-electron chi connectivity index (χ0n) is 17.3. The number of nitrogens with zero attached hydrogens (tertiary/aromatic N) is 2. The van der Waals surface area contributed by atoms with Crippen molar-refractivity contribution in [1.29, 1.82) is 0 Å². The number of carbonyl (C=O) groups is 2. The zero-order valence-corrected chi connectivity index (χ0v) is 17.3. The number of ketones is 2. The van der Waals surface area contributed by atoms with E-state index in [0.29, 0.717) is 24.1 Å². The first kappa shape index (κ1) is 21.0. The van der Waals surface area contributed by atoms with Crippen molar-refractivity contribution in [2.45, 2.75) is 12.8 Å². The van der Waals surface area contributed by atoms with E-state index in [1.54, 1.807) is 24.3 Å². The lowest BCUT2D eigenvalue weighted by atomic mass is 9.90. The van der Waals surface area contributed by atoms with E-state index in [4.69, 9.17) is 10.5 Å². The number of quaternary nitrogens is 1. The minimum atomic E-state index is -0.393. The van der Waals surface area contributed by atoms with Gasteiger partial charge in [-0.2, -0.15) is 10.2 Å². The molecule has 1 aliphatic heterocycles. The van der Waals surface area contributed by atoms with Gasteiger partial charge in [0.05, 0.1) is 19.8 Å². The quantitative estimate of drug-likeness (QED) is 0.447. The van der Waals surface area contributed by atoms with Crippen LogP contribution in [-0.2, 0) is 11.2 Å². The molecule has 4 rings (SSSR count). The largest absolute Gasteiger partial charge is 0.394 e. The van der Waals surface area contributed by atoms with Crippen LogP contribution >= 0.6 is 0 Å². The Bertz CT molecular complexity index is 997. The smallest absolute Gasteiger partial charge is 0.217 e. The van der Waals surface area contributed by atoms with Gasteiger partial charge in [0.2, 0.25) is 11.6 Å². The van der Waals surface area contributed by atoms with Crippen molar-refractivity contribution < 1.29 is 25.1 Å². The molecule has 1 fully saturated rings. The second kappa shape index (κ2) is 9.30. The summed E-state index contributed by atoms with van der Waals surface area (Å²) in [6, 6.07) is 15.0. The summed E-state index contributed by atoms with van der Waals surface area (Å²) in [7, 11) is 0. The van der Waals surface area contributed by atoms with Crippen LogP contribution in [0.15, 0.2) is 59.9 Å². The van der Waals surface area contributed by atoms with Crippen LogP contribution in [0, 0.1) is 0 Å². The van der Waals surface area contributed by atoms with E-state index in [9.17, 15) is 14.8 Å². The first-order chi connectivity index (χ1) is 15.1. The van der Waals surface area contributed by atoms with Crippen LogP contribution in [0.4, 0.5) is 5.69 Å². The van der Waals surface area contributed by atoms with Gasteiger partial charge in [-0.3, -0.25) is 9.59 Å². The van der Waals surface area contributed by atoms with Crippen molar-refractivity contribution >= 4 is 17.3 Å². The molecule has 1 aliphatic carbocycles. The molecule has 0 atom stereocenters. The van der Waals surface area contributed by atoms with Gasteiger partial charge >= 0.3 is 0 Å². The third-order valence-corrected chi connectivity index (χ3v) is 5.73. The SMILES string of the molecule is NC1=C(N(CCCc2ccc(N3CCOCC3)cc2)[NH2+]O)C(=O)c2ccccc2C1=O. The van der Waals surface area contributed by atoms with Crippen LogP contribution < -0.4 is 16.2 Å². The third-order valence-electron chi connectivity index (χ3n) is 5.73. The number of carbonyl (C=O) groups excluding carboxylic acids is 2. The summed E-state index contributed by atoms with van der Waals surface area (Å²) < 4.78 is 5.39. The van der Waals surface area contributed by atoms with Crippen LogP contribution in [-0.4, -0.2) is 54.6 Å². The van der Waals surface area contributed by atoms with Gasteiger partial charge < -0.3 is 15.4 Å². The van der Waals surface area contributed by atoms with E-state index in [-0.39, 0.29) is 17.2 Å². The molecule has 8 nitrogen and oxygen atoms in total. The number of Topliss-reactive ketones (excluding diaryl/α,β-unsaturated/α-hetero) is 2. The molecule has 2 aromatic rings. The Kier molecular flexibility index (Phi) is 6.31.